The number of nitrogens with zero attached hydrogens (tertiary/aromatic N) is 5. The van der Waals surface area contributed by atoms with E-state index in [2.05, 4.69) is 15.6 Å². The molecule has 2 aliphatic heterocycles. The van der Waals surface area contributed by atoms with E-state index in [1.807, 2.05) is 53.0 Å². The van der Waals surface area contributed by atoms with Gasteiger partial charge in [0.15, 0.2) is 0 Å². The number of carbonyl (C=O) groups excluding carboxylic acids is 3. The molecule has 0 radical (unpaired) electrons. The van der Waals surface area contributed by atoms with Crippen LogP contribution in [0.1, 0.15) is 42.2 Å². The van der Waals surface area contributed by atoms with Crippen LogP contribution in [0.2, 0.25) is 0 Å². The molecule has 40 heavy (non-hydrogen) atoms. The highest BCUT2D eigenvalue weighted by molar-refractivity contribution is 5.83. The molecule has 212 valence electrons. The van der Waals surface area contributed by atoms with Crippen LogP contribution in [-0.2, 0) is 27.3 Å². The fourth-order valence-electron chi connectivity index (χ4n) is 5.44. The molecule has 3 amide bonds. The highest BCUT2D eigenvalue weighted by Gasteiger charge is 2.40. The van der Waals surface area contributed by atoms with Gasteiger partial charge in [-0.3, -0.25) is 19.1 Å². The maximum atomic E-state index is 13.4. The van der Waals surface area contributed by atoms with Crippen LogP contribution >= 0.6 is 0 Å². The summed E-state index contributed by atoms with van der Waals surface area (Å²) in [5.41, 5.74) is 1.70. The SMILES string of the molecule is Cc1cc(CC(=O)N2CCCNC(=O)[C@H]3CN(C(=O)CCCn4cccn4)C[C@@H]3c3cccc(c3)OCC2)on1. The number of aromatic nitrogens is 3. The molecule has 1 saturated heterocycles. The first-order valence-corrected chi connectivity index (χ1v) is 13.9. The van der Waals surface area contributed by atoms with Crippen molar-refractivity contribution >= 4 is 17.7 Å². The molecular formula is C29H36N6O5. The van der Waals surface area contributed by atoms with Crippen molar-refractivity contribution in [3.63, 3.8) is 0 Å². The maximum absolute atomic E-state index is 13.4. The molecule has 0 spiro atoms. The second kappa shape index (κ2) is 12.8. The Balaban J connectivity index is 1.25. The maximum Gasteiger partial charge on any atom is 0.230 e. The molecule has 3 aromatic rings. The summed E-state index contributed by atoms with van der Waals surface area (Å²) in [6, 6.07) is 11.4. The van der Waals surface area contributed by atoms with Crippen LogP contribution in [0.4, 0.5) is 0 Å². The van der Waals surface area contributed by atoms with Crippen LogP contribution in [0.5, 0.6) is 5.75 Å². The number of amides is 3. The number of aryl methyl sites for hydroxylation is 2. The molecule has 1 fully saturated rings. The average molecular weight is 549 g/mol. The number of hydrogen-bond donors (Lipinski definition) is 1. The Morgan fingerprint density at radius 3 is 2.75 bits per heavy atom. The van der Waals surface area contributed by atoms with Crippen LogP contribution in [0, 0.1) is 12.8 Å². The van der Waals surface area contributed by atoms with Gasteiger partial charge in [-0.15, -0.1) is 0 Å². The lowest BCUT2D eigenvalue weighted by Gasteiger charge is -2.24. The summed E-state index contributed by atoms with van der Waals surface area (Å²) >= 11 is 0. The first-order chi connectivity index (χ1) is 19.5. The molecule has 1 aromatic carbocycles. The fourth-order valence-corrected chi connectivity index (χ4v) is 5.44. The zero-order valence-electron chi connectivity index (χ0n) is 22.8. The number of benzene rings is 1. The van der Waals surface area contributed by atoms with E-state index in [-0.39, 0.29) is 36.0 Å². The second-order valence-electron chi connectivity index (χ2n) is 10.4. The number of carbonyl (C=O) groups is 3. The lowest BCUT2D eigenvalue weighted by atomic mass is 9.88. The number of nitrogens with one attached hydrogen (secondary N) is 1. The molecule has 0 unspecified atom stereocenters. The largest absolute Gasteiger partial charge is 0.492 e. The Bertz CT molecular complexity index is 1310. The average Bonchev–Trinajstić information content (AvgIpc) is 3.71. The topological polar surface area (TPSA) is 123 Å². The van der Waals surface area contributed by atoms with Crippen molar-refractivity contribution in [1.82, 2.24) is 30.1 Å². The van der Waals surface area contributed by atoms with Gasteiger partial charge >= 0.3 is 0 Å². The molecule has 1 N–H and O–H groups in total. The summed E-state index contributed by atoms with van der Waals surface area (Å²) in [7, 11) is 0. The predicted octanol–water partition coefficient (Wildman–Crippen LogP) is 2.17. The number of fused-ring (bicyclic) bond motifs is 4. The van der Waals surface area contributed by atoms with Crippen LogP contribution in [-0.4, -0.2) is 81.8 Å². The Labute approximate surface area is 233 Å². The molecule has 5 rings (SSSR count). The monoisotopic (exact) mass is 548 g/mol. The van der Waals surface area contributed by atoms with Gasteiger partial charge in [-0.2, -0.15) is 5.10 Å². The van der Waals surface area contributed by atoms with E-state index in [1.54, 1.807) is 17.2 Å². The zero-order valence-corrected chi connectivity index (χ0v) is 22.8. The number of rotatable bonds is 6. The highest BCUT2D eigenvalue weighted by Crippen LogP contribution is 2.35. The normalized spacial score (nSPS) is 19.9. The van der Waals surface area contributed by atoms with Gasteiger partial charge in [0, 0.05) is 63.5 Å². The van der Waals surface area contributed by atoms with Gasteiger partial charge in [0.05, 0.1) is 24.6 Å². The van der Waals surface area contributed by atoms with Gasteiger partial charge < -0.3 is 24.4 Å². The minimum atomic E-state index is -0.360. The lowest BCUT2D eigenvalue weighted by Crippen LogP contribution is -2.40. The standard InChI is InChI=1S/C29H36N6O5/c1-21-16-24(40-32-21)18-28(37)33-11-4-9-30-29(38)26-20-34(27(36)8-3-12-35-13-5-10-31-35)19-25(26)22-6-2-7-23(17-22)39-15-14-33/h2,5-7,10,13,16-17,25-26H,3-4,8-9,11-12,14-15,18-20H2,1H3,(H,30,38)/t25-,26+/m1/s1. The van der Waals surface area contributed by atoms with Crippen LogP contribution in [0.15, 0.2) is 53.3 Å². The molecule has 4 heterocycles. The second-order valence-corrected chi connectivity index (χ2v) is 10.4. The minimum Gasteiger partial charge on any atom is -0.492 e. The number of hydrogen-bond acceptors (Lipinski definition) is 7. The Morgan fingerprint density at radius 1 is 1.07 bits per heavy atom. The summed E-state index contributed by atoms with van der Waals surface area (Å²) in [6.07, 6.45) is 5.43. The van der Waals surface area contributed by atoms with Crippen molar-refractivity contribution in [3.05, 3.63) is 65.8 Å². The Kier molecular flexibility index (Phi) is 8.78. The van der Waals surface area contributed by atoms with Crippen molar-refractivity contribution in [2.24, 2.45) is 5.92 Å². The minimum absolute atomic E-state index is 0.0499. The summed E-state index contributed by atoms with van der Waals surface area (Å²) in [4.78, 5) is 43.0. The molecule has 11 nitrogen and oxygen atoms in total. The summed E-state index contributed by atoms with van der Waals surface area (Å²) < 4.78 is 13.1. The summed E-state index contributed by atoms with van der Waals surface area (Å²) in [6.45, 7) is 5.03. The molecule has 2 aliphatic rings. The van der Waals surface area contributed by atoms with E-state index < -0.39 is 0 Å². The first kappa shape index (κ1) is 27.4. The van der Waals surface area contributed by atoms with E-state index >= 15 is 0 Å². The summed E-state index contributed by atoms with van der Waals surface area (Å²) in [5.74, 6) is 0.617. The van der Waals surface area contributed by atoms with Gasteiger partial charge in [0.1, 0.15) is 18.1 Å². The van der Waals surface area contributed by atoms with Crippen LogP contribution in [0.25, 0.3) is 0 Å². The first-order valence-electron chi connectivity index (χ1n) is 13.9. The van der Waals surface area contributed by atoms with Crippen LogP contribution < -0.4 is 10.1 Å². The Hall–Kier alpha value is -4.15. The van der Waals surface area contributed by atoms with Gasteiger partial charge in [-0.1, -0.05) is 17.3 Å². The molecule has 2 atom stereocenters. The molecule has 2 bridgehead atoms. The van der Waals surface area contributed by atoms with Gasteiger partial charge in [-0.05, 0) is 43.5 Å². The van der Waals surface area contributed by atoms with E-state index in [4.69, 9.17) is 9.26 Å². The van der Waals surface area contributed by atoms with E-state index in [1.165, 1.54) is 0 Å². The molecule has 11 heteroatoms. The third-order valence-electron chi connectivity index (χ3n) is 7.52. The van der Waals surface area contributed by atoms with Crippen molar-refractivity contribution < 1.29 is 23.6 Å². The molecule has 0 saturated carbocycles. The van der Waals surface area contributed by atoms with Gasteiger partial charge in [0.25, 0.3) is 0 Å². The smallest absolute Gasteiger partial charge is 0.230 e. The number of ether oxygens (including phenoxy) is 1. The van der Waals surface area contributed by atoms with Gasteiger partial charge in [-0.25, -0.2) is 0 Å². The third-order valence-corrected chi connectivity index (χ3v) is 7.52. The summed E-state index contributed by atoms with van der Waals surface area (Å²) in [5, 5.41) is 11.1. The molecule has 2 aromatic heterocycles. The molecular weight excluding hydrogens is 512 g/mol. The number of likely N-dealkylation sites (tertiary alicyclic amines) is 1. The molecule has 0 aliphatic carbocycles. The van der Waals surface area contributed by atoms with E-state index in [0.717, 1.165) is 11.3 Å². The van der Waals surface area contributed by atoms with Crippen molar-refractivity contribution in [2.75, 3.05) is 39.3 Å². The van der Waals surface area contributed by atoms with Crippen molar-refractivity contribution in [1.29, 1.82) is 0 Å². The lowest BCUT2D eigenvalue weighted by molar-refractivity contribution is -0.131. The van der Waals surface area contributed by atoms with Crippen molar-refractivity contribution in [3.8, 4) is 5.75 Å². The van der Waals surface area contributed by atoms with E-state index in [9.17, 15) is 14.4 Å². The van der Waals surface area contributed by atoms with Gasteiger partial charge in [0.2, 0.25) is 17.7 Å². The third kappa shape index (κ3) is 6.88. The van der Waals surface area contributed by atoms with E-state index in [0.29, 0.717) is 76.6 Å². The predicted molar refractivity (Wildman–Crippen MR) is 145 cm³/mol. The van der Waals surface area contributed by atoms with Crippen molar-refractivity contribution in [2.45, 2.75) is 45.1 Å². The fraction of sp³-hybridized carbons (Fsp3) is 0.483. The zero-order chi connectivity index (χ0) is 27.9. The quantitative estimate of drug-likeness (QED) is 0.501. The highest BCUT2D eigenvalue weighted by atomic mass is 16.5. The Morgan fingerprint density at radius 2 is 1.95 bits per heavy atom. The van der Waals surface area contributed by atoms with Crippen LogP contribution in [0.3, 0.4) is 0 Å².